The van der Waals surface area contributed by atoms with Crippen molar-refractivity contribution in [2.24, 2.45) is 0 Å². The molecular weight excluding hydrogens is 507 g/mol. The number of pyridine rings is 1. The molecule has 11 heteroatoms. The normalized spacial score (nSPS) is 18.1. The molecule has 2 aliphatic rings. The van der Waals surface area contributed by atoms with Gasteiger partial charge in [-0.2, -0.15) is 13.2 Å². The van der Waals surface area contributed by atoms with Crippen molar-refractivity contribution in [2.45, 2.75) is 36.9 Å². The zero-order valence-electron chi connectivity index (χ0n) is 19.8. The Morgan fingerprint density at radius 2 is 1.51 bits per heavy atom. The van der Waals surface area contributed by atoms with Crippen LogP contribution in [0.2, 0.25) is 0 Å². The molecule has 1 aromatic heterocycles. The van der Waals surface area contributed by atoms with Gasteiger partial charge in [0.1, 0.15) is 4.75 Å². The van der Waals surface area contributed by atoms with Gasteiger partial charge in [-0.15, -0.1) is 0 Å². The molecule has 2 aliphatic heterocycles. The maximum Gasteiger partial charge on any atom is 0.490 e. The van der Waals surface area contributed by atoms with Crippen molar-refractivity contribution in [1.82, 2.24) is 9.88 Å². The van der Waals surface area contributed by atoms with Crippen molar-refractivity contribution in [1.29, 1.82) is 0 Å². The molecule has 1 saturated heterocycles. The number of nitrogens with zero attached hydrogens (tertiary/aromatic N) is 3. The lowest BCUT2D eigenvalue weighted by molar-refractivity contribution is -0.192. The van der Waals surface area contributed by atoms with E-state index in [2.05, 4.69) is 9.88 Å². The summed E-state index contributed by atoms with van der Waals surface area (Å²) in [7, 11) is -3.51. The lowest BCUT2D eigenvalue weighted by Gasteiger charge is -2.39. The van der Waals surface area contributed by atoms with E-state index in [1.807, 2.05) is 72.8 Å². The number of carbonyl (C=O) groups is 1. The van der Waals surface area contributed by atoms with Crippen LogP contribution < -0.4 is 4.31 Å². The summed E-state index contributed by atoms with van der Waals surface area (Å²) in [5, 5.41) is 7.12. The molecule has 3 aromatic rings. The Kier molecular flexibility index (Phi) is 7.56. The monoisotopic (exact) mass is 533 g/mol. The molecule has 1 fully saturated rings. The Morgan fingerprint density at radius 1 is 0.919 bits per heavy atom. The van der Waals surface area contributed by atoms with E-state index in [1.54, 1.807) is 10.5 Å². The molecule has 0 bridgehead atoms. The number of piperidine rings is 1. The first-order chi connectivity index (χ1) is 17.5. The van der Waals surface area contributed by atoms with Crippen LogP contribution in [0.4, 0.5) is 18.9 Å². The second kappa shape index (κ2) is 10.5. The van der Waals surface area contributed by atoms with Crippen molar-refractivity contribution in [2.75, 3.05) is 17.4 Å². The zero-order valence-corrected chi connectivity index (χ0v) is 20.6. The maximum atomic E-state index is 13.9. The van der Waals surface area contributed by atoms with E-state index in [-0.39, 0.29) is 0 Å². The number of carboxylic acids is 1. The average Bonchev–Trinajstić information content (AvgIpc) is 3.05. The lowest BCUT2D eigenvalue weighted by atomic mass is 9.87. The van der Waals surface area contributed by atoms with E-state index < -0.39 is 26.9 Å². The molecule has 3 heterocycles. The number of likely N-dealkylation sites (tertiary alicyclic amines) is 1. The molecule has 196 valence electrons. The van der Waals surface area contributed by atoms with Crippen LogP contribution in [0.25, 0.3) is 0 Å². The van der Waals surface area contributed by atoms with Crippen molar-refractivity contribution in [3.8, 4) is 0 Å². The quantitative estimate of drug-likeness (QED) is 0.529. The lowest BCUT2D eigenvalue weighted by Crippen LogP contribution is -2.48. The molecule has 2 aromatic carbocycles. The molecule has 1 spiro atoms. The number of carboxylic acid groups (broad SMARTS) is 1. The van der Waals surface area contributed by atoms with Gasteiger partial charge in [-0.3, -0.25) is 14.2 Å². The standard InChI is InChI=1S/C24H25N3O2S.C2HF3O2/c28-30(29)24(13-16-26(17-14-24)19-21-10-6-7-15-25-21)22-11-4-5-12-23(22)27(30)18-20-8-2-1-3-9-20;3-2(4,5)1(6)7/h1-12,15H,13-14,16-19H2;(H,6,7). The van der Waals surface area contributed by atoms with Crippen molar-refractivity contribution >= 4 is 21.7 Å². The highest BCUT2D eigenvalue weighted by molar-refractivity contribution is 7.94. The number of aromatic nitrogens is 1. The third-order valence-electron chi connectivity index (χ3n) is 6.63. The highest BCUT2D eigenvalue weighted by Gasteiger charge is 2.56. The largest absolute Gasteiger partial charge is 0.490 e. The van der Waals surface area contributed by atoms with Gasteiger partial charge in [0, 0.05) is 25.8 Å². The molecule has 37 heavy (non-hydrogen) atoms. The molecular formula is C26H26F3N3O4S. The summed E-state index contributed by atoms with van der Waals surface area (Å²) >= 11 is 0. The Hall–Kier alpha value is -3.44. The fourth-order valence-electron chi connectivity index (χ4n) is 4.80. The molecule has 0 radical (unpaired) electrons. The van der Waals surface area contributed by atoms with Crippen LogP contribution in [-0.4, -0.2) is 48.6 Å². The summed E-state index contributed by atoms with van der Waals surface area (Å²) in [5.74, 6) is -2.76. The summed E-state index contributed by atoms with van der Waals surface area (Å²) in [6.07, 6.45) is -2.07. The Balaban J connectivity index is 0.000000405. The summed E-state index contributed by atoms with van der Waals surface area (Å²) < 4.78 is 60.3. The van der Waals surface area contributed by atoms with E-state index in [4.69, 9.17) is 9.90 Å². The molecule has 0 unspecified atom stereocenters. The van der Waals surface area contributed by atoms with Gasteiger partial charge in [-0.25, -0.2) is 13.2 Å². The number of hydrogen-bond donors (Lipinski definition) is 1. The van der Waals surface area contributed by atoms with Crippen molar-refractivity contribution < 1.29 is 31.5 Å². The van der Waals surface area contributed by atoms with Gasteiger partial charge in [-0.05, 0) is 42.2 Å². The average molecular weight is 534 g/mol. The number of benzene rings is 2. The van der Waals surface area contributed by atoms with Crippen LogP contribution in [0.1, 0.15) is 29.7 Å². The number of anilines is 1. The number of para-hydroxylation sites is 1. The van der Waals surface area contributed by atoms with Gasteiger partial charge in [-0.1, -0.05) is 54.6 Å². The predicted octanol–water partition coefficient (Wildman–Crippen LogP) is 4.56. The number of halogens is 3. The van der Waals surface area contributed by atoms with E-state index >= 15 is 0 Å². The van der Waals surface area contributed by atoms with Crippen LogP contribution in [0, 0.1) is 0 Å². The molecule has 1 N–H and O–H groups in total. The van der Waals surface area contributed by atoms with Crippen molar-refractivity contribution in [3.63, 3.8) is 0 Å². The van der Waals surface area contributed by atoms with Crippen LogP contribution in [0.15, 0.2) is 79.0 Å². The molecule has 0 aliphatic carbocycles. The Bertz CT molecular complexity index is 1330. The van der Waals surface area contributed by atoms with E-state index in [0.717, 1.165) is 42.1 Å². The van der Waals surface area contributed by atoms with Gasteiger partial charge < -0.3 is 5.11 Å². The van der Waals surface area contributed by atoms with Crippen LogP contribution in [-0.2, 0) is 32.7 Å². The van der Waals surface area contributed by atoms with Crippen LogP contribution in [0.3, 0.4) is 0 Å². The minimum absolute atomic E-state index is 0.375. The van der Waals surface area contributed by atoms with E-state index in [9.17, 15) is 21.6 Å². The van der Waals surface area contributed by atoms with Crippen LogP contribution in [0.5, 0.6) is 0 Å². The fraction of sp³-hybridized carbons (Fsp3) is 0.308. The van der Waals surface area contributed by atoms with Gasteiger partial charge in [0.05, 0.1) is 17.9 Å². The van der Waals surface area contributed by atoms with Gasteiger partial charge in [0.2, 0.25) is 10.0 Å². The molecule has 0 saturated carbocycles. The first kappa shape index (κ1) is 26.6. The number of hydrogen-bond acceptors (Lipinski definition) is 5. The smallest absolute Gasteiger partial charge is 0.475 e. The minimum atomic E-state index is -5.08. The van der Waals surface area contributed by atoms with Gasteiger partial charge in [0.25, 0.3) is 0 Å². The second-order valence-electron chi connectivity index (χ2n) is 8.91. The predicted molar refractivity (Wildman–Crippen MR) is 132 cm³/mol. The topological polar surface area (TPSA) is 90.8 Å². The first-order valence-electron chi connectivity index (χ1n) is 11.6. The fourth-order valence-corrected chi connectivity index (χ4v) is 7.10. The third kappa shape index (κ3) is 5.47. The first-order valence-corrected chi connectivity index (χ1v) is 13.1. The molecule has 0 atom stereocenters. The summed E-state index contributed by atoms with van der Waals surface area (Å²) in [6.45, 7) is 2.61. The number of sulfonamides is 1. The van der Waals surface area contributed by atoms with Gasteiger partial charge >= 0.3 is 12.1 Å². The molecule has 0 amide bonds. The Labute approximate surface area is 213 Å². The zero-order chi connectivity index (χ0) is 26.7. The number of aliphatic carboxylic acids is 1. The second-order valence-corrected chi connectivity index (χ2v) is 11.1. The SMILES string of the molecule is O=C(O)C(F)(F)F.O=S1(=O)N(Cc2ccccc2)c2ccccc2C12CCN(Cc1ccccn1)CC2. The van der Waals surface area contributed by atoms with Crippen LogP contribution >= 0.6 is 0 Å². The summed E-state index contributed by atoms with van der Waals surface area (Å²) in [5.41, 5.74) is 3.81. The molecule has 7 nitrogen and oxygen atoms in total. The third-order valence-corrected chi connectivity index (χ3v) is 9.16. The number of alkyl halides is 3. The van der Waals surface area contributed by atoms with E-state index in [1.165, 1.54) is 0 Å². The minimum Gasteiger partial charge on any atom is -0.475 e. The highest BCUT2D eigenvalue weighted by atomic mass is 32.2. The highest BCUT2D eigenvalue weighted by Crippen LogP contribution is 2.53. The maximum absolute atomic E-state index is 13.9. The number of fused-ring (bicyclic) bond motifs is 2. The summed E-state index contributed by atoms with van der Waals surface area (Å²) in [4.78, 5) is 15.6. The van der Waals surface area contributed by atoms with Gasteiger partial charge in [0.15, 0.2) is 0 Å². The summed E-state index contributed by atoms with van der Waals surface area (Å²) in [6, 6.07) is 23.6. The molecule has 5 rings (SSSR count). The van der Waals surface area contributed by atoms with E-state index in [0.29, 0.717) is 19.4 Å². The van der Waals surface area contributed by atoms with Crippen molar-refractivity contribution in [3.05, 3.63) is 95.8 Å². The number of rotatable bonds is 4. The Morgan fingerprint density at radius 3 is 2.11 bits per heavy atom.